The van der Waals surface area contributed by atoms with Gasteiger partial charge in [-0.2, -0.15) is 5.10 Å². The maximum absolute atomic E-state index is 11.2. The number of fused-ring (bicyclic) bond motifs is 1. The molecule has 0 saturated carbocycles. The van der Waals surface area contributed by atoms with Gasteiger partial charge in [0, 0.05) is 40.6 Å². The normalized spacial score (nSPS) is 10.9. The molecule has 0 bridgehead atoms. The predicted octanol–water partition coefficient (Wildman–Crippen LogP) is 4.16. The number of aromatic nitrogens is 4. The predicted molar refractivity (Wildman–Crippen MR) is 111 cm³/mol. The number of nitrogens with zero attached hydrogens (tertiary/aromatic N) is 4. The summed E-state index contributed by atoms with van der Waals surface area (Å²) in [6.07, 6.45) is 5.30. The molecule has 0 saturated heterocycles. The summed E-state index contributed by atoms with van der Waals surface area (Å²) < 4.78 is 2.67. The van der Waals surface area contributed by atoms with Crippen molar-refractivity contribution in [3.05, 3.63) is 65.0 Å². The molecule has 0 radical (unpaired) electrons. The number of carboxylic acid groups (broad SMARTS) is 1. The smallest absolute Gasteiger partial charge is 0.307 e. The lowest BCUT2D eigenvalue weighted by Crippen LogP contribution is -2.02. The molecule has 8 heteroatoms. The summed E-state index contributed by atoms with van der Waals surface area (Å²) in [7, 11) is 1.84. The van der Waals surface area contributed by atoms with E-state index >= 15 is 0 Å². The van der Waals surface area contributed by atoms with Gasteiger partial charge in [-0.3, -0.25) is 9.48 Å². The Hall–Kier alpha value is -3.26. The molecule has 4 aromatic rings. The second-order valence-corrected chi connectivity index (χ2v) is 7.33. The third kappa shape index (κ3) is 4.01. The summed E-state index contributed by atoms with van der Waals surface area (Å²) in [5, 5.41) is 17.5. The summed E-state index contributed by atoms with van der Waals surface area (Å²) in [4.78, 5) is 20.1. The molecule has 140 valence electrons. The molecule has 0 aliphatic rings. The molecule has 0 aliphatic carbocycles. The van der Waals surface area contributed by atoms with E-state index in [-0.39, 0.29) is 6.42 Å². The Balaban J connectivity index is 1.71. The van der Waals surface area contributed by atoms with Gasteiger partial charge in [0.15, 0.2) is 0 Å². The van der Waals surface area contributed by atoms with E-state index in [1.54, 1.807) is 23.1 Å². The molecule has 2 N–H and O–H groups in total. The van der Waals surface area contributed by atoms with Crippen LogP contribution in [0.5, 0.6) is 0 Å². The van der Waals surface area contributed by atoms with E-state index < -0.39 is 5.97 Å². The first-order valence-electron chi connectivity index (χ1n) is 8.50. The zero-order valence-corrected chi connectivity index (χ0v) is 16.5. The highest BCUT2D eigenvalue weighted by atomic mass is 79.9. The number of hydrogen-bond donors (Lipinski definition) is 2. The molecule has 4 rings (SSSR count). The lowest BCUT2D eigenvalue weighted by Gasteiger charge is -2.10. The molecule has 0 unspecified atom stereocenters. The van der Waals surface area contributed by atoms with Gasteiger partial charge in [0.2, 0.25) is 5.95 Å². The number of anilines is 2. The SMILES string of the molecule is Cn1cc(-c2cc(CC(=O)O)cc(Nc3ncc4cc(Br)ccc4n3)c2)cn1. The number of carboxylic acids is 1. The molecule has 2 aromatic heterocycles. The van der Waals surface area contributed by atoms with Gasteiger partial charge in [0.05, 0.1) is 18.1 Å². The fourth-order valence-electron chi connectivity index (χ4n) is 2.97. The van der Waals surface area contributed by atoms with Crippen molar-refractivity contribution < 1.29 is 9.90 Å². The third-order valence-corrected chi connectivity index (χ3v) is 4.68. The van der Waals surface area contributed by atoms with Crippen LogP contribution in [0.25, 0.3) is 22.0 Å². The number of benzene rings is 2. The van der Waals surface area contributed by atoms with Crippen LogP contribution in [0.1, 0.15) is 5.56 Å². The standard InChI is InChI=1S/C20H16BrN5O2/c1-26-11-15(10-23-26)13-4-12(6-19(27)28)5-17(8-13)24-20-22-9-14-7-16(21)2-3-18(14)25-20/h2-5,7-11H,6H2,1H3,(H,27,28)(H,22,24,25). The van der Waals surface area contributed by atoms with E-state index in [0.29, 0.717) is 17.2 Å². The molecule has 0 atom stereocenters. The molecule has 2 heterocycles. The van der Waals surface area contributed by atoms with E-state index in [1.165, 1.54) is 0 Å². The fraction of sp³-hybridized carbons (Fsp3) is 0.100. The number of halogens is 1. The van der Waals surface area contributed by atoms with Crippen LogP contribution in [0.4, 0.5) is 11.6 Å². The Morgan fingerprint density at radius 1 is 1.18 bits per heavy atom. The molecular weight excluding hydrogens is 422 g/mol. The second kappa shape index (κ2) is 7.40. The first-order valence-corrected chi connectivity index (χ1v) is 9.30. The number of hydrogen-bond acceptors (Lipinski definition) is 5. The maximum atomic E-state index is 11.2. The van der Waals surface area contributed by atoms with Crippen LogP contribution in [-0.2, 0) is 18.3 Å². The van der Waals surface area contributed by atoms with Gasteiger partial charge in [-0.15, -0.1) is 0 Å². The van der Waals surface area contributed by atoms with Crippen molar-refractivity contribution in [1.82, 2.24) is 19.7 Å². The summed E-state index contributed by atoms with van der Waals surface area (Å²) in [5.41, 5.74) is 3.99. The van der Waals surface area contributed by atoms with Gasteiger partial charge in [-0.25, -0.2) is 9.97 Å². The molecule has 0 spiro atoms. The minimum atomic E-state index is -0.887. The zero-order valence-electron chi connectivity index (χ0n) is 14.9. The first kappa shape index (κ1) is 18.1. The van der Waals surface area contributed by atoms with Crippen molar-refractivity contribution in [3.8, 4) is 11.1 Å². The van der Waals surface area contributed by atoms with Gasteiger partial charge < -0.3 is 10.4 Å². The van der Waals surface area contributed by atoms with E-state index in [4.69, 9.17) is 0 Å². The molecule has 28 heavy (non-hydrogen) atoms. The lowest BCUT2D eigenvalue weighted by molar-refractivity contribution is -0.136. The Morgan fingerprint density at radius 3 is 2.79 bits per heavy atom. The minimum Gasteiger partial charge on any atom is -0.481 e. The summed E-state index contributed by atoms with van der Waals surface area (Å²) in [5.74, 6) is -0.443. The number of carbonyl (C=O) groups is 1. The lowest BCUT2D eigenvalue weighted by atomic mass is 10.0. The largest absolute Gasteiger partial charge is 0.481 e. The highest BCUT2D eigenvalue weighted by Gasteiger charge is 2.09. The van der Waals surface area contributed by atoms with E-state index in [9.17, 15) is 9.90 Å². The van der Waals surface area contributed by atoms with Crippen LogP contribution in [0.15, 0.2) is 59.5 Å². The van der Waals surface area contributed by atoms with Gasteiger partial charge in [0.1, 0.15) is 0 Å². The number of nitrogens with one attached hydrogen (secondary N) is 1. The highest BCUT2D eigenvalue weighted by Crippen LogP contribution is 2.27. The Labute approximate surface area is 169 Å². The van der Waals surface area contributed by atoms with Crippen molar-refractivity contribution in [2.24, 2.45) is 7.05 Å². The van der Waals surface area contributed by atoms with Crippen molar-refractivity contribution >= 4 is 44.4 Å². The molecule has 0 amide bonds. The van der Waals surface area contributed by atoms with E-state index in [2.05, 4.69) is 36.3 Å². The van der Waals surface area contributed by atoms with Crippen molar-refractivity contribution in [3.63, 3.8) is 0 Å². The topological polar surface area (TPSA) is 92.9 Å². The molecule has 2 aromatic carbocycles. The van der Waals surface area contributed by atoms with Crippen molar-refractivity contribution in [1.29, 1.82) is 0 Å². The average molecular weight is 438 g/mol. The summed E-state index contributed by atoms with van der Waals surface area (Å²) in [6.45, 7) is 0. The Kier molecular flexibility index (Phi) is 4.79. The van der Waals surface area contributed by atoms with Crippen molar-refractivity contribution in [2.45, 2.75) is 6.42 Å². The molecule has 0 aliphatic heterocycles. The Morgan fingerprint density at radius 2 is 2.04 bits per heavy atom. The number of aliphatic carboxylic acids is 1. The van der Waals surface area contributed by atoms with E-state index in [1.807, 2.05) is 43.6 Å². The third-order valence-electron chi connectivity index (χ3n) is 4.18. The van der Waals surface area contributed by atoms with Gasteiger partial charge in [-0.1, -0.05) is 22.0 Å². The number of rotatable bonds is 5. The Bertz CT molecular complexity index is 1190. The van der Waals surface area contributed by atoms with Crippen molar-refractivity contribution in [2.75, 3.05) is 5.32 Å². The zero-order chi connectivity index (χ0) is 19.7. The van der Waals surface area contributed by atoms with Crippen LogP contribution in [0.3, 0.4) is 0 Å². The van der Waals surface area contributed by atoms with Crippen LogP contribution in [-0.4, -0.2) is 30.8 Å². The molecule has 7 nitrogen and oxygen atoms in total. The molecular formula is C20H16BrN5O2. The van der Waals surface area contributed by atoms with Crippen LogP contribution in [0, 0.1) is 0 Å². The van der Waals surface area contributed by atoms with Crippen LogP contribution >= 0.6 is 15.9 Å². The minimum absolute atomic E-state index is 0.0740. The second-order valence-electron chi connectivity index (χ2n) is 6.41. The first-order chi connectivity index (χ1) is 13.5. The quantitative estimate of drug-likeness (QED) is 0.486. The average Bonchev–Trinajstić information content (AvgIpc) is 3.07. The van der Waals surface area contributed by atoms with Crippen LogP contribution in [0.2, 0.25) is 0 Å². The maximum Gasteiger partial charge on any atom is 0.307 e. The summed E-state index contributed by atoms with van der Waals surface area (Å²) >= 11 is 3.44. The number of aryl methyl sites for hydroxylation is 1. The van der Waals surface area contributed by atoms with Gasteiger partial charge in [0.25, 0.3) is 0 Å². The monoisotopic (exact) mass is 437 g/mol. The molecule has 0 fully saturated rings. The van der Waals surface area contributed by atoms with Crippen LogP contribution < -0.4 is 5.32 Å². The van der Waals surface area contributed by atoms with Gasteiger partial charge >= 0.3 is 5.97 Å². The van der Waals surface area contributed by atoms with E-state index in [0.717, 1.165) is 26.5 Å². The highest BCUT2D eigenvalue weighted by molar-refractivity contribution is 9.10. The fourth-order valence-corrected chi connectivity index (χ4v) is 3.35. The van der Waals surface area contributed by atoms with Gasteiger partial charge in [-0.05, 0) is 41.5 Å². The summed E-state index contributed by atoms with van der Waals surface area (Å²) in [6, 6.07) is 11.4.